The molecule has 0 aliphatic carbocycles. The highest BCUT2D eigenvalue weighted by Crippen LogP contribution is 2.20. The third kappa shape index (κ3) is 30.3. The van der Waals surface area contributed by atoms with Crippen LogP contribution in [0.3, 0.4) is 0 Å². The van der Waals surface area contributed by atoms with E-state index in [0.29, 0.717) is 26.3 Å². The van der Waals surface area contributed by atoms with Crippen molar-refractivity contribution < 1.29 is 24.8 Å². The first-order valence-corrected chi connectivity index (χ1v) is 21.6. The Morgan fingerprint density at radius 2 is 0.720 bits per heavy atom. The number of phenols is 1. The summed E-state index contributed by atoms with van der Waals surface area (Å²) in [5, 5.41) is 31.3. The number of anilines is 1. The number of aliphatic hydroxyl groups is 2. The van der Waals surface area contributed by atoms with E-state index in [0.717, 1.165) is 18.5 Å². The first kappa shape index (κ1) is 46.7. The van der Waals surface area contributed by atoms with E-state index >= 15 is 0 Å². The molecule has 2 atom stereocenters. The van der Waals surface area contributed by atoms with Crippen LogP contribution in [0.2, 0.25) is 0 Å². The zero-order chi connectivity index (χ0) is 36.2. The van der Waals surface area contributed by atoms with Gasteiger partial charge in [-0.05, 0) is 37.1 Å². The van der Waals surface area contributed by atoms with Gasteiger partial charge in [0.2, 0.25) is 0 Å². The number of phenolic OH excluding ortho intramolecular Hbond substituents is 1. The van der Waals surface area contributed by atoms with E-state index in [1.807, 2.05) is 17.0 Å². The van der Waals surface area contributed by atoms with Crippen LogP contribution in [0.25, 0.3) is 0 Å². The number of unbranched alkanes of at least 4 members (excludes halogenated alkanes) is 26. The van der Waals surface area contributed by atoms with Gasteiger partial charge in [-0.2, -0.15) is 0 Å². The smallest absolute Gasteiger partial charge is 0.115 e. The Kier molecular flexibility index (Phi) is 33.6. The third-order valence-electron chi connectivity index (χ3n) is 9.98. The average molecular weight is 706 g/mol. The molecule has 1 aromatic carbocycles. The summed E-state index contributed by atoms with van der Waals surface area (Å²) < 4.78 is 11.6. The second kappa shape index (κ2) is 36.0. The van der Waals surface area contributed by atoms with Crippen LogP contribution in [0.15, 0.2) is 24.3 Å². The molecule has 6 heteroatoms. The second-order valence-electron chi connectivity index (χ2n) is 15.1. The topological polar surface area (TPSA) is 82.4 Å². The van der Waals surface area contributed by atoms with Crippen molar-refractivity contribution in [1.29, 1.82) is 0 Å². The minimum atomic E-state index is -0.667. The van der Waals surface area contributed by atoms with Crippen molar-refractivity contribution in [2.45, 2.75) is 206 Å². The summed E-state index contributed by atoms with van der Waals surface area (Å²) in [7, 11) is 0. The maximum Gasteiger partial charge on any atom is 0.115 e. The van der Waals surface area contributed by atoms with Gasteiger partial charge >= 0.3 is 0 Å². The second-order valence-corrected chi connectivity index (χ2v) is 15.1. The molecular weight excluding hydrogens is 622 g/mol. The number of ether oxygens (including phenoxy) is 2. The van der Waals surface area contributed by atoms with E-state index in [2.05, 4.69) is 13.8 Å². The Morgan fingerprint density at radius 3 is 1.02 bits per heavy atom. The number of hydrogen-bond donors (Lipinski definition) is 3. The van der Waals surface area contributed by atoms with Gasteiger partial charge in [0.25, 0.3) is 0 Å². The van der Waals surface area contributed by atoms with E-state index in [4.69, 9.17) is 9.47 Å². The lowest BCUT2D eigenvalue weighted by molar-refractivity contribution is 0.0284. The Hall–Kier alpha value is -1.34. The van der Waals surface area contributed by atoms with E-state index in [1.165, 1.54) is 167 Å². The van der Waals surface area contributed by atoms with Crippen molar-refractivity contribution in [1.82, 2.24) is 0 Å². The molecule has 0 bridgehead atoms. The maximum atomic E-state index is 10.8. The molecule has 0 saturated carbocycles. The molecule has 0 aliphatic rings. The number of rotatable bonds is 39. The summed E-state index contributed by atoms with van der Waals surface area (Å²) in [6, 6.07) is 6.91. The van der Waals surface area contributed by atoms with Crippen molar-refractivity contribution >= 4 is 5.69 Å². The molecule has 6 nitrogen and oxygen atoms in total. The number of aliphatic hydroxyl groups excluding tert-OH is 2. The monoisotopic (exact) mass is 706 g/mol. The molecule has 2 unspecified atom stereocenters. The summed E-state index contributed by atoms with van der Waals surface area (Å²) >= 11 is 0. The van der Waals surface area contributed by atoms with Crippen molar-refractivity contribution in [3.63, 3.8) is 0 Å². The lowest BCUT2D eigenvalue weighted by Crippen LogP contribution is -2.41. The number of aromatic hydroxyl groups is 1. The van der Waals surface area contributed by atoms with E-state index in [9.17, 15) is 15.3 Å². The number of hydrogen-bond acceptors (Lipinski definition) is 6. The summed E-state index contributed by atoms with van der Waals surface area (Å²) in [5.74, 6) is 0.197. The van der Waals surface area contributed by atoms with Crippen molar-refractivity contribution in [2.24, 2.45) is 0 Å². The molecule has 3 N–H and O–H groups in total. The molecule has 0 radical (unpaired) electrons. The van der Waals surface area contributed by atoms with Crippen LogP contribution in [-0.2, 0) is 9.47 Å². The van der Waals surface area contributed by atoms with E-state index < -0.39 is 12.2 Å². The fourth-order valence-corrected chi connectivity index (χ4v) is 6.80. The molecule has 294 valence electrons. The van der Waals surface area contributed by atoms with Gasteiger partial charge in [0.05, 0.1) is 25.4 Å². The Morgan fingerprint density at radius 1 is 0.440 bits per heavy atom. The van der Waals surface area contributed by atoms with Gasteiger partial charge in [0.1, 0.15) is 5.75 Å². The normalized spacial score (nSPS) is 12.8. The van der Waals surface area contributed by atoms with Gasteiger partial charge in [-0.25, -0.2) is 0 Å². The lowest BCUT2D eigenvalue weighted by Gasteiger charge is -2.29. The minimum Gasteiger partial charge on any atom is -0.508 e. The van der Waals surface area contributed by atoms with Crippen molar-refractivity contribution in [2.75, 3.05) is 44.4 Å². The Bertz CT molecular complexity index is 762. The predicted octanol–water partition coefficient (Wildman–Crippen LogP) is 11.9. The summed E-state index contributed by atoms with van der Waals surface area (Å²) in [6.45, 7) is 7.14. The average Bonchev–Trinajstić information content (AvgIpc) is 3.11. The minimum absolute atomic E-state index is 0.197. The van der Waals surface area contributed by atoms with Crippen LogP contribution >= 0.6 is 0 Å². The first-order valence-electron chi connectivity index (χ1n) is 21.6. The molecular formula is C44H83NO5. The van der Waals surface area contributed by atoms with Crippen LogP contribution in [0.5, 0.6) is 5.75 Å². The lowest BCUT2D eigenvalue weighted by atomic mass is 10.0. The first-order chi connectivity index (χ1) is 24.6. The Labute approximate surface area is 310 Å². The molecule has 0 fully saturated rings. The van der Waals surface area contributed by atoms with Gasteiger partial charge in [0, 0.05) is 32.0 Å². The van der Waals surface area contributed by atoms with E-state index in [1.54, 1.807) is 12.1 Å². The quantitative estimate of drug-likeness (QED) is 0.0592. The highest BCUT2D eigenvalue weighted by Gasteiger charge is 2.17. The SMILES string of the molecule is CCCCCCCCCCCCCCCCOCC(O)CN(CC(O)COCCCCCCCCCCCCCCCC)c1ccc(O)cc1. The van der Waals surface area contributed by atoms with Gasteiger partial charge < -0.3 is 29.7 Å². The molecule has 0 heterocycles. The standard InChI is InChI=1S/C44H83NO5/c1-3-5-7-9-11-13-15-17-19-21-23-25-27-29-35-49-39-43(47)37-45(41-31-33-42(46)34-32-41)38-44(48)40-50-36-30-28-26-24-22-20-18-16-14-12-10-8-6-4-2/h31-34,43-44,46-48H,3-30,35-40H2,1-2H3. The van der Waals surface area contributed by atoms with E-state index in [-0.39, 0.29) is 19.0 Å². The fourth-order valence-electron chi connectivity index (χ4n) is 6.80. The molecule has 0 amide bonds. The molecule has 0 aromatic heterocycles. The number of benzene rings is 1. The van der Waals surface area contributed by atoms with Gasteiger partial charge in [-0.15, -0.1) is 0 Å². The molecule has 0 saturated heterocycles. The van der Waals surface area contributed by atoms with Crippen LogP contribution in [0, 0.1) is 0 Å². The summed E-state index contributed by atoms with van der Waals surface area (Å²) in [5.41, 5.74) is 0.847. The molecule has 50 heavy (non-hydrogen) atoms. The molecule has 1 aromatic rings. The van der Waals surface area contributed by atoms with Crippen molar-refractivity contribution in [3.05, 3.63) is 24.3 Å². The fraction of sp³-hybridized carbons (Fsp3) is 0.864. The third-order valence-corrected chi connectivity index (χ3v) is 9.98. The van der Waals surface area contributed by atoms with Gasteiger partial charge in [-0.1, -0.05) is 181 Å². The van der Waals surface area contributed by atoms with Crippen LogP contribution in [-0.4, -0.2) is 67.0 Å². The highest BCUT2D eigenvalue weighted by molar-refractivity contribution is 5.49. The summed E-state index contributed by atoms with van der Waals surface area (Å²) in [6.07, 6.45) is 36.0. The van der Waals surface area contributed by atoms with Crippen LogP contribution in [0.1, 0.15) is 194 Å². The molecule has 1 rings (SSSR count). The van der Waals surface area contributed by atoms with Gasteiger partial charge in [-0.3, -0.25) is 0 Å². The predicted molar refractivity (Wildman–Crippen MR) is 215 cm³/mol. The zero-order valence-electron chi connectivity index (χ0n) is 33.1. The summed E-state index contributed by atoms with van der Waals surface area (Å²) in [4.78, 5) is 1.96. The molecule has 0 spiro atoms. The zero-order valence-corrected chi connectivity index (χ0v) is 33.1. The maximum absolute atomic E-state index is 10.8. The Balaban J connectivity index is 2.10. The van der Waals surface area contributed by atoms with Crippen LogP contribution in [0.4, 0.5) is 5.69 Å². The highest BCUT2D eigenvalue weighted by atomic mass is 16.5. The molecule has 0 aliphatic heterocycles. The largest absolute Gasteiger partial charge is 0.508 e. The van der Waals surface area contributed by atoms with Gasteiger partial charge in [0.15, 0.2) is 0 Å². The van der Waals surface area contributed by atoms with Crippen LogP contribution < -0.4 is 4.90 Å². The van der Waals surface area contributed by atoms with Crippen molar-refractivity contribution in [3.8, 4) is 5.75 Å². The number of nitrogens with zero attached hydrogens (tertiary/aromatic N) is 1.